The van der Waals surface area contributed by atoms with Crippen LogP contribution < -0.4 is 4.74 Å². The highest BCUT2D eigenvalue weighted by Crippen LogP contribution is 2.24. The minimum atomic E-state index is -0.908. The number of hydrogen-bond donors (Lipinski definition) is 1. The average molecular weight is 352 g/mol. The zero-order valence-electron chi connectivity index (χ0n) is 14.8. The van der Waals surface area contributed by atoms with Gasteiger partial charge in [0.2, 0.25) is 0 Å². The fourth-order valence-electron chi connectivity index (χ4n) is 2.36. The molecule has 2 rings (SSSR count). The fraction of sp³-hybridized carbons (Fsp3) is 0.412. The fourth-order valence-corrected chi connectivity index (χ4v) is 2.36. The van der Waals surface area contributed by atoms with Crippen molar-refractivity contribution in [2.24, 2.45) is 0 Å². The van der Waals surface area contributed by atoms with Gasteiger partial charge in [0, 0.05) is 24.3 Å². The zero-order chi connectivity index (χ0) is 18.6. The first kappa shape index (κ1) is 18.9. The number of benzene rings is 1. The number of methoxy groups -OCH3 is 1. The number of nitrogens with one attached hydrogen (secondary N) is 1. The summed E-state index contributed by atoms with van der Waals surface area (Å²) in [5, 5.41) is 0. The Bertz CT molecular complexity index is 723. The van der Waals surface area contributed by atoms with Crippen molar-refractivity contribution in [1.82, 2.24) is 19.8 Å². The first-order valence-electron chi connectivity index (χ1n) is 7.79. The van der Waals surface area contributed by atoms with E-state index in [0.717, 1.165) is 17.8 Å². The van der Waals surface area contributed by atoms with Crippen molar-refractivity contribution >= 4 is 5.91 Å². The third kappa shape index (κ3) is 4.54. The predicted octanol–water partition coefficient (Wildman–Crippen LogP) is 2.21. The van der Waals surface area contributed by atoms with Crippen LogP contribution in [-0.4, -0.2) is 60.0 Å². The van der Waals surface area contributed by atoms with Gasteiger partial charge in [-0.25, -0.2) is 13.8 Å². The van der Waals surface area contributed by atoms with Crippen LogP contribution in [0.15, 0.2) is 18.5 Å². The Hall–Kier alpha value is -2.48. The van der Waals surface area contributed by atoms with E-state index in [9.17, 15) is 13.6 Å². The van der Waals surface area contributed by atoms with E-state index in [0.29, 0.717) is 18.8 Å². The van der Waals surface area contributed by atoms with Crippen molar-refractivity contribution in [1.29, 1.82) is 0 Å². The van der Waals surface area contributed by atoms with Crippen LogP contribution in [0.1, 0.15) is 21.7 Å². The molecule has 0 saturated heterocycles. The number of H-pyrrole nitrogens is 1. The lowest BCUT2D eigenvalue weighted by atomic mass is 10.1. The summed E-state index contributed by atoms with van der Waals surface area (Å²) in [5.74, 6) is -2.78. The van der Waals surface area contributed by atoms with Gasteiger partial charge in [0.1, 0.15) is 0 Å². The summed E-state index contributed by atoms with van der Waals surface area (Å²) in [5.41, 5.74) is 1.49. The summed E-state index contributed by atoms with van der Waals surface area (Å²) in [6, 6.07) is 1.98. The number of carbonyl (C=O) groups excluding carboxylic acids is 1. The van der Waals surface area contributed by atoms with Crippen molar-refractivity contribution in [3.63, 3.8) is 0 Å². The molecule has 1 amide bonds. The molecule has 2 aromatic rings. The van der Waals surface area contributed by atoms with E-state index in [1.54, 1.807) is 6.33 Å². The van der Waals surface area contributed by atoms with Crippen LogP contribution in [0.2, 0.25) is 0 Å². The number of aromatic amines is 1. The molecule has 1 N–H and O–H groups in total. The molecule has 0 spiro atoms. The molecule has 6 nitrogen and oxygen atoms in total. The van der Waals surface area contributed by atoms with Gasteiger partial charge < -0.3 is 19.5 Å². The minimum Gasteiger partial charge on any atom is -0.491 e. The van der Waals surface area contributed by atoms with Crippen molar-refractivity contribution < 1.29 is 18.3 Å². The number of amides is 1. The van der Waals surface area contributed by atoms with E-state index >= 15 is 0 Å². The zero-order valence-corrected chi connectivity index (χ0v) is 14.8. The molecule has 136 valence electrons. The molecule has 1 aromatic carbocycles. The minimum absolute atomic E-state index is 0.0669. The van der Waals surface area contributed by atoms with Gasteiger partial charge in [-0.1, -0.05) is 0 Å². The number of carbonyl (C=O) groups is 1. The van der Waals surface area contributed by atoms with Crippen molar-refractivity contribution in [3.8, 4) is 5.75 Å². The summed E-state index contributed by atoms with van der Waals surface area (Å²) < 4.78 is 32.5. The second kappa shape index (κ2) is 8.06. The Labute approximate surface area is 145 Å². The lowest BCUT2D eigenvalue weighted by Gasteiger charge is -2.24. The lowest BCUT2D eigenvalue weighted by Crippen LogP contribution is -2.36. The molecule has 0 unspecified atom stereocenters. The van der Waals surface area contributed by atoms with Gasteiger partial charge in [-0.05, 0) is 33.2 Å². The SMILES string of the molecule is COc1c(F)cc(C(=O)N(CCN(C)C)Cc2nc[nH]c2C)cc1F. The molecule has 25 heavy (non-hydrogen) atoms. The van der Waals surface area contributed by atoms with Gasteiger partial charge in [0.05, 0.1) is 25.7 Å². The number of rotatable bonds is 7. The summed E-state index contributed by atoms with van der Waals surface area (Å²) >= 11 is 0. The van der Waals surface area contributed by atoms with E-state index < -0.39 is 23.3 Å². The van der Waals surface area contributed by atoms with Crippen molar-refractivity contribution in [3.05, 3.63) is 47.0 Å². The first-order chi connectivity index (χ1) is 11.8. The number of nitrogens with zero attached hydrogens (tertiary/aromatic N) is 3. The monoisotopic (exact) mass is 352 g/mol. The molecule has 0 aliphatic heterocycles. The molecule has 0 radical (unpaired) electrons. The molecule has 1 aromatic heterocycles. The molecular weight excluding hydrogens is 330 g/mol. The number of halogens is 2. The van der Waals surface area contributed by atoms with Crippen LogP contribution in [0.25, 0.3) is 0 Å². The van der Waals surface area contributed by atoms with E-state index in [4.69, 9.17) is 0 Å². The van der Waals surface area contributed by atoms with Gasteiger partial charge in [-0.3, -0.25) is 4.79 Å². The van der Waals surface area contributed by atoms with Crippen LogP contribution in [0.3, 0.4) is 0 Å². The van der Waals surface area contributed by atoms with Gasteiger partial charge in [-0.15, -0.1) is 0 Å². The highest BCUT2D eigenvalue weighted by atomic mass is 19.1. The normalized spacial score (nSPS) is 11.0. The first-order valence-corrected chi connectivity index (χ1v) is 7.79. The maximum Gasteiger partial charge on any atom is 0.254 e. The van der Waals surface area contributed by atoms with E-state index in [-0.39, 0.29) is 12.1 Å². The molecule has 0 aliphatic carbocycles. The van der Waals surface area contributed by atoms with Crippen molar-refractivity contribution in [2.45, 2.75) is 13.5 Å². The lowest BCUT2D eigenvalue weighted by molar-refractivity contribution is 0.0728. The Morgan fingerprint density at radius 3 is 2.36 bits per heavy atom. The second-order valence-corrected chi connectivity index (χ2v) is 5.98. The Morgan fingerprint density at radius 2 is 1.88 bits per heavy atom. The summed E-state index contributed by atoms with van der Waals surface area (Å²) in [4.78, 5) is 23.4. The second-order valence-electron chi connectivity index (χ2n) is 5.98. The third-order valence-corrected chi connectivity index (χ3v) is 3.83. The summed E-state index contributed by atoms with van der Waals surface area (Å²) in [6.07, 6.45) is 1.55. The summed E-state index contributed by atoms with van der Waals surface area (Å²) in [7, 11) is 4.94. The standard InChI is InChI=1S/C17H22F2N4O2/c1-11-15(21-10-20-11)9-23(6-5-22(2)3)17(24)12-7-13(18)16(25-4)14(19)8-12/h7-8,10H,5-6,9H2,1-4H3,(H,20,21). The average Bonchev–Trinajstić information content (AvgIpc) is 2.95. The quantitative estimate of drug-likeness (QED) is 0.830. The van der Waals surface area contributed by atoms with Gasteiger partial charge >= 0.3 is 0 Å². The molecule has 0 saturated carbocycles. The number of ether oxygens (including phenoxy) is 1. The van der Waals surface area contributed by atoms with E-state index in [1.807, 2.05) is 25.9 Å². The number of aromatic nitrogens is 2. The number of aryl methyl sites for hydroxylation is 1. The van der Waals surface area contributed by atoms with E-state index in [1.165, 1.54) is 12.0 Å². The topological polar surface area (TPSA) is 61.5 Å². The highest BCUT2D eigenvalue weighted by Gasteiger charge is 2.22. The van der Waals surface area contributed by atoms with Crippen LogP contribution >= 0.6 is 0 Å². The molecule has 0 aliphatic rings. The molecule has 0 atom stereocenters. The Balaban J connectivity index is 2.29. The summed E-state index contributed by atoms with van der Waals surface area (Å²) in [6.45, 7) is 3.10. The molecular formula is C17H22F2N4O2. The van der Waals surface area contributed by atoms with Gasteiger partial charge in [0.15, 0.2) is 17.4 Å². The van der Waals surface area contributed by atoms with E-state index in [2.05, 4.69) is 14.7 Å². The van der Waals surface area contributed by atoms with Gasteiger partial charge in [-0.2, -0.15) is 0 Å². The molecule has 1 heterocycles. The smallest absolute Gasteiger partial charge is 0.254 e. The number of hydrogen-bond acceptors (Lipinski definition) is 4. The molecule has 0 fully saturated rings. The Kier molecular flexibility index (Phi) is 6.08. The number of likely N-dealkylation sites (N-methyl/N-ethyl adjacent to an activating group) is 1. The van der Waals surface area contributed by atoms with Gasteiger partial charge in [0.25, 0.3) is 5.91 Å². The largest absolute Gasteiger partial charge is 0.491 e. The van der Waals surface area contributed by atoms with Crippen LogP contribution in [0.4, 0.5) is 8.78 Å². The van der Waals surface area contributed by atoms with Crippen LogP contribution in [0.5, 0.6) is 5.75 Å². The molecule has 8 heteroatoms. The third-order valence-electron chi connectivity index (χ3n) is 3.83. The maximum absolute atomic E-state index is 13.9. The molecule has 0 bridgehead atoms. The predicted molar refractivity (Wildman–Crippen MR) is 89.5 cm³/mol. The maximum atomic E-state index is 13.9. The Morgan fingerprint density at radius 1 is 1.24 bits per heavy atom. The van der Waals surface area contributed by atoms with Crippen LogP contribution in [0, 0.1) is 18.6 Å². The van der Waals surface area contributed by atoms with Crippen molar-refractivity contribution in [2.75, 3.05) is 34.3 Å². The number of imidazole rings is 1. The van der Waals surface area contributed by atoms with Crippen LogP contribution in [-0.2, 0) is 6.54 Å². The highest BCUT2D eigenvalue weighted by molar-refractivity contribution is 5.94.